The molecule has 12 heteroatoms. The van der Waals surface area contributed by atoms with E-state index in [0.717, 1.165) is 13.8 Å². The fourth-order valence-electron chi connectivity index (χ4n) is 2.82. The first-order chi connectivity index (χ1) is 13.8. The Labute approximate surface area is 168 Å². The van der Waals surface area contributed by atoms with Crippen molar-refractivity contribution in [3.8, 4) is 0 Å². The third-order valence-corrected chi connectivity index (χ3v) is 4.88. The first-order valence-corrected chi connectivity index (χ1v) is 9.51. The number of nitrogens with zero attached hydrogens (tertiary/aromatic N) is 3. The van der Waals surface area contributed by atoms with E-state index < -0.39 is 48.6 Å². The highest BCUT2D eigenvalue weighted by atomic mass is 19.4. The lowest BCUT2D eigenvalue weighted by Crippen LogP contribution is -2.34. The average Bonchev–Trinajstić information content (AvgIpc) is 2.79. The Morgan fingerprint density at radius 3 is 2.30 bits per heavy atom. The van der Waals surface area contributed by atoms with E-state index in [-0.39, 0.29) is 36.5 Å². The number of aromatic nitrogens is 3. The smallest absolute Gasteiger partial charge is 0.386 e. The maximum Gasteiger partial charge on any atom is 0.408 e. The summed E-state index contributed by atoms with van der Waals surface area (Å²) in [5.74, 6) is -3.55. The quantitative estimate of drug-likeness (QED) is 0.606. The van der Waals surface area contributed by atoms with Gasteiger partial charge >= 0.3 is 12.4 Å². The first-order valence-electron chi connectivity index (χ1n) is 9.51. The molecule has 0 unspecified atom stereocenters. The van der Waals surface area contributed by atoms with Crippen LogP contribution in [-0.4, -0.2) is 44.6 Å². The molecule has 5 nitrogen and oxygen atoms in total. The van der Waals surface area contributed by atoms with Gasteiger partial charge in [-0.25, -0.2) is 9.37 Å². The zero-order valence-corrected chi connectivity index (χ0v) is 16.4. The number of aliphatic hydroxyl groups is 1. The van der Waals surface area contributed by atoms with Crippen molar-refractivity contribution in [1.82, 2.24) is 15.0 Å². The number of allylic oxidation sites excluding steroid dienone is 1. The second-order valence-electron chi connectivity index (χ2n) is 7.38. The Kier molecular flexibility index (Phi) is 7.64. The molecule has 2 N–H and O–H groups in total. The van der Waals surface area contributed by atoms with Crippen LogP contribution in [-0.2, 0) is 6.42 Å². The fraction of sp³-hybridized carbons (Fsp3) is 0.722. The number of hydrogen-bond donors (Lipinski definition) is 2. The number of anilines is 1. The Bertz CT molecular complexity index is 764. The molecule has 0 saturated heterocycles. The standard InChI is InChI=1S/C18H23F7N4O/c1-9(17(20,21)22)7-8-13-27-15(11-5-3-4-6-12(30)14(11)19)29-16(28-13)26-10(2)18(23,24)25/h9-10,12,30H,3-8H2,1-2H3,(H,26,27,28,29)/t9-,10+,12-/m0/s1. The molecular formula is C18H23F7N4O. The second kappa shape index (κ2) is 9.44. The van der Waals surface area contributed by atoms with Gasteiger partial charge in [-0.05, 0) is 32.6 Å². The van der Waals surface area contributed by atoms with Crippen LogP contribution in [0.4, 0.5) is 36.7 Å². The minimum Gasteiger partial charge on any atom is -0.386 e. The van der Waals surface area contributed by atoms with E-state index in [1.165, 1.54) is 0 Å². The monoisotopic (exact) mass is 444 g/mol. The average molecular weight is 444 g/mol. The van der Waals surface area contributed by atoms with Gasteiger partial charge in [0.25, 0.3) is 0 Å². The zero-order valence-electron chi connectivity index (χ0n) is 16.4. The lowest BCUT2D eigenvalue weighted by atomic mass is 10.0. The van der Waals surface area contributed by atoms with Gasteiger partial charge < -0.3 is 10.4 Å². The molecule has 30 heavy (non-hydrogen) atoms. The molecular weight excluding hydrogens is 421 g/mol. The molecule has 1 aliphatic carbocycles. The van der Waals surface area contributed by atoms with Crippen molar-refractivity contribution in [3.05, 3.63) is 17.5 Å². The van der Waals surface area contributed by atoms with Gasteiger partial charge in [0.2, 0.25) is 5.95 Å². The van der Waals surface area contributed by atoms with Crippen molar-refractivity contribution in [2.75, 3.05) is 5.32 Å². The van der Waals surface area contributed by atoms with E-state index in [9.17, 15) is 35.8 Å². The number of rotatable bonds is 6. The van der Waals surface area contributed by atoms with Crippen molar-refractivity contribution in [1.29, 1.82) is 0 Å². The van der Waals surface area contributed by atoms with Crippen LogP contribution in [0.15, 0.2) is 5.83 Å². The molecule has 170 valence electrons. The molecule has 1 aromatic heterocycles. The third kappa shape index (κ3) is 6.51. The number of hydrogen-bond acceptors (Lipinski definition) is 5. The number of aliphatic hydroxyl groups excluding tert-OH is 1. The van der Waals surface area contributed by atoms with Gasteiger partial charge in [-0.3, -0.25) is 0 Å². The number of alkyl halides is 6. The van der Waals surface area contributed by atoms with Gasteiger partial charge in [0.1, 0.15) is 23.8 Å². The van der Waals surface area contributed by atoms with Gasteiger partial charge in [-0.15, -0.1) is 0 Å². The summed E-state index contributed by atoms with van der Waals surface area (Å²) in [6, 6.07) is -2.05. The van der Waals surface area contributed by atoms with Gasteiger partial charge in [-0.1, -0.05) is 13.3 Å². The molecule has 3 atom stereocenters. The molecule has 0 fully saturated rings. The highest BCUT2D eigenvalue weighted by molar-refractivity contribution is 5.63. The van der Waals surface area contributed by atoms with Gasteiger partial charge in [0, 0.05) is 12.0 Å². The van der Waals surface area contributed by atoms with Crippen LogP contribution in [0.5, 0.6) is 0 Å². The maximum absolute atomic E-state index is 14.6. The van der Waals surface area contributed by atoms with Crippen molar-refractivity contribution >= 4 is 11.5 Å². The molecule has 0 radical (unpaired) electrons. The molecule has 0 amide bonds. The van der Waals surface area contributed by atoms with Gasteiger partial charge in [0.15, 0.2) is 5.82 Å². The lowest BCUT2D eigenvalue weighted by Gasteiger charge is -2.19. The van der Waals surface area contributed by atoms with Crippen LogP contribution >= 0.6 is 0 Å². The molecule has 0 saturated carbocycles. The predicted octanol–water partition coefficient (Wildman–Crippen LogP) is 4.98. The van der Waals surface area contributed by atoms with Gasteiger partial charge in [0.05, 0.1) is 5.92 Å². The Hall–Kier alpha value is -1.98. The fourth-order valence-corrected chi connectivity index (χ4v) is 2.82. The summed E-state index contributed by atoms with van der Waals surface area (Å²) in [4.78, 5) is 11.6. The SMILES string of the molecule is C[C@@H](CCc1nc(N[C@H](C)C(F)(F)F)nc(C2=C(F)[C@@H](O)CCCC2)n1)C(F)(F)F. The molecule has 0 bridgehead atoms. The van der Waals surface area contributed by atoms with Crippen molar-refractivity contribution in [3.63, 3.8) is 0 Å². The van der Waals surface area contributed by atoms with E-state index in [1.54, 1.807) is 0 Å². The zero-order chi connectivity index (χ0) is 22.7. The summed E-state index contributed by atoms with van der Waals surface area (Å²) < 4.78 is 91.5. The maximum atomic E-state index is 14.6. The van der Waals surface area contributed by atoms with Crippen LogP contribution in [0.25, 0.3) is 5.57 Å². The van der Waals surface area contributed by atoms with Crippen LogP contribution in [0, 0.1) is 5.92 Å². The van der Waals surface area contributed by atoms with Crippen molar-refractivity contribution in [2.45, 2.75) is 76.9 Å². The minimum atomic E-state index is -4.62. The van der Waals surface area contributed by atoms with Crippen LogP contribution in [0.3, 0.4) is 0 Å². The minimum absolute atomic E-state index is 0.0739. The molecule has 0 aromatic carbocycles. The summed E-state index contributed by atoms with van der Waals surface area (Å²) in [5.41, 5.74) is -0.0739. The highest BCUT2D eigenvalue weighted by Crippen LogP contribution is 2.32. The Morgan fingerprint density at radius 2 is 1.70 bits per heavy atom. The number of halogens is 7. The predicted molar refractivity (Wildman–Crippen MR) is 95.0 cm³/mol. The Balaban J connectivity index is 2.40. The largest absolute Gasteiger partial charge is 0.408 e. The first kappa shape index (κ1) is 24.3. The van der Waals surface area contributed by atoms with Crippen molar-refractivity contribution in [2.24, 2.45) is 5.92 Å². The van der Waals surface area contributed by atoms with E-state index in [2.05, 4.69) is 15.0 Å². The number of nitrogens with one attached hydrogen (secondary N) is 1. The summed E-state index contributed by atoms with van der Waals surface area (Å²) in [7, 11) is 0. The molecule has 1 aromatic rings. The van der Waals surface area contributed by atoms with E-state index in [4.69, 9.17) is 0 Å². The van der Waals surface area contributed by atoms with Crippen LogP contribution < -0.4 is 5.32 Å². The summed E-state index contributed by atoms with van der Waals surface area (Å²) >= 11 is 0. The molecule has 0 aliphatic heterocycles. The highest BCUT2D eigenvalue weighted by Gasteiger charge is 2.37. The molecule has 2 rings (SSSR count). The summed E-state index contributed by atoms with van der Waals surface area (Å²) in [5, 5.41) is 11.9. The third-order valence-electron chi connectivity index (χ3n) is 4.88. The summed E-state index contributed by atoms with van der Waals surface area (Å²) in [6.45, 7) is 1.79. The van der Waals surface area contributed by atoms with Crippen LogP contribution in [0.1, 0.15) is 57.6 Å². The van der Waals surface area contributed by atoms with Crippen LogP contribution in [0.2, 0.25) is 0 Å². The van der Waals surface area contributed by atoms with E-state index in [1.807, 2.05) is 5.32 Å². The van der Waals surface area contributed by atoms with Gasteiger partial charge in [-0.2, -0.15) is 36.3 Å². The topological polar surface area (TPSA) is 70.9 Å². The summed E-state index contributed by atoms with van der Waals surface area (Å²) in [6.07, 6.45) is -9.82. The number of aryl methyl sites for hydroxylation is 1. The lowest BCUT2D eigenvalue weighted by molar-refractivity contribution is -0.171. The Morgan fingerprint density at radius 1 is 1.03 bits per heavy atom. The molecule has 1 heterocycles. The van der Waals surface area contributed by atoms with E-state index >= 15 is 0 Å². The van der Waals surface area contributed by atoms with E-state index in [0.29, 0.717) is 12.8 Å². The molecule has 0 spiro atoms. The normalized spacial score (nSPS) is 20.7. The molecule has 1 aliphatic rings. The van der Waals surface area contributed by atoms with Crippen molar-refractivity contribution < 1.29 is 35.8 Å². The second-order valence-corrected chi connectivity index (χ2v) is 7.38.